The van der Waals surface area contributed by atoms with Gasteiger partial charge in [0.05, 0.1) is 12.6 Å². The van der Waals surface area contributed by atoms with Gasteiger partial charge in [-0.2, -0.15) is 0 Å². The Bertz CT molecular complexity index is 458. The summed E-state index contributed by atoms with van der Waals surface area (Å²) in [6.45, 7) is 13.2. The Balaban J connectivity index is 0.00000484. The normalized spacial score (nSPS) is 12.9. The molecule has 0 aliphatic carbocycles. The number of nitrogens with one attached hydrogen (secondary N) is 1. The van der Waals surface area contributed by atoms with Crippen molar-refractivity contribution in [3.05, 3.63) is 24.3 Å². The Labute approximate surface area is 157 Å². The number of aliphatic imine (C=N–C) groups is 1. The molecule has 23 heavy (non-hydrogen) atoms. The van der Waals surface area contributed by atoms with Crippen LogP contribution in [0.1, 0.15) is 34.6 Å². The van der Waals surface area contributed by atoms with E-state index in [2.05, 4.69) is 36.0 Å². The maximum Gasteiger partial charge on any atom is 0.193 e. The first-order chi connectivity index (χ1) is 10.5. The van der Waals surface area contributed by atoms with Crippen LogP contribution in [0.4, 0.5) is 5.69 Å². The zero-order chi connectivity index (χ0) is 16.5. The van der Waals surface area contributed by atoms with Crippen molar-refractivity contribution in [1.29, 1.82) is 0 Å². The summed E-state index contributed by atoms with van der Waals surface area (Å²) in [5, 5.41) is 3.11. The Hall–Kier alpha value is -1.02. The van der Waals surface area contributed by atoms with E-state index in [1.165, 1.54) is 0 Å². The molecule has 3 N–H and O–H groups in total. The summed E-state index contributed by atoms with van der Waals surface area (Å²) in [6.07, 6.45) is 0.173. The van der Waals surface area contributed by atoms with Crippen molar-refractivity contribution >= 4 is 35.6 Å². The van der Waals surface area contributed by atoms with Gasteiger partial charge in [0.2, 0.25) is 0 Å². The van der Waals surface area contributed by atoms with E-state index in [9.17, 15) is 0 Å². The van der Waals surface area contributed by atoms with Crippen LogP contribution in [0, 0.1) is 0 Å². The molecular weight excluding hydrogens is 403 g/mol. The number of hydrogen-bond donors (Lipinski definition) is 2. The summed E-state index contributed by atoms with van der Waals surface area (Å²) >= 11 is 0. The molecule has 0 aliphatic rings. The van der Waals surface area contributed by atoms with Gasteiger partial charge in [0.25, 0.3) is 0 Å². The third kappa shape index (κ3) is 8.41. The minimum Gasteiger partial charge on any atom is -0.491 e. The molecule has 1 unspecified atom stereocenters. The van der Waals surface area contributed by atoms with Gasteiger partial charge in [-0.25, -0.2) is 0 Å². The lowest BCUT2D eigenvalue weighted by molar-refractivity contribution is 0.237. The minimum atomic E-state index is 0. The number of anilines is 1. The highest BCUT2D eigenvalue weighted by Gasteiger charge is 2.09. The molecule has 0 heterocycles. The second-order valence-corrected chi connectivity index (χ2v) is 5.61. The number of benzene rings is 1. The molecule has 1 aromatic rings. The Morgan fingerprint density at radius 2 is 1.74 bits per heavy atom. The molecule has 132 valence electrons. The molecule has 0 spiro atoms. The van der Waals surface area contributed by atoms with Crippen LogP contribution in [-0.4, -0.2) is 42.6 Å². The van der Waals surface area contributed by atoms with E-state index in [0.29, 0.717) is 18.5 Å². The van der Waals surface area contributed by atoms with Gasteiger partial charge >= 0.3 is 0 Å². The van der Waals surface area contributed by atoms with Crippen molar-refractivity contribution in [1.82, 2.24) is 4.90 Å². The third-order valence-electron chi connectivity index (χ3n) is 3.46. The average molecular weight is 434 g/mol. The van der Waals surface area contributed by atoms with Crippen molar-refractivity contribution in [2.45, 2.75) is 46.8 Å². The van der Waals surface area contributed by atoms with E-state index in [1.54, 1.807) is 0 Å². The van der Waals surface area contributed by atoms with E-state index < -0.39 is 0 Å². The molecule has 0 saturated carbocycles. The number of nitrogens with two attached hydrogens (primary N) is 1. The summed E-state index contributed by atoms with van der Waals surface area (Å²) in [4.78, 5) is 6.77. The number of hydrogen-bond acceptors (Lipinski definition) is 3. The molecular formula is C17H31IN4O. The summed E-state index contributed by atoms with van der Waals surface area (Å²) in [5.41, 5.74) is 6.86. The number of guanidine groups is 1. The van der Waals surface area contributed by atoms with Gasteiger partial charge in [-0.15, -0.1) is 24.0 Å². The average Bonchev–Trinajstić information content (AvgIpc) is 2.48. The van der Waals surface area contributed by atoms with Crippen molar-refractivity contribution in [3.8, 4) is 5.75 Å². The van der Waals surface area contributed by atoms with E-state index in [1.807, 2.05) is 38.1 Å². The molecule has 1 aromatic carbocycles. The second kappa shape index (κ2) is 11.5. The molecule has 1 rings (SSSR count). The number of nitrogens with zero attached hydrogens (tertiary/aromatic N) is 2. The first kappa shape index (κ1) is 22.0. The molecule has 1 atom stereocenters. The van der Waals surface area contributed by atoms with Gasteiger partial charge < -0.3 is 15.8 Å². The number of likely N-dealkylation sites (N-methyl/N-ethyl adjacent to an activating group) is 1. The zero-order valence-electron chi connectivity index (χ0n) is 14.9. The fourth-order valence-corrected chi connectivity index (χ4v) is 2.27. The fraction of sp³-hybridized carbons (Fsp3) is 0.588. The van der Waals surface area contributed by atoms with Crippen LogP contribution in [0.15, 0.2) is 29.3 Å². The summed E-state index contributed by atoms with van der Waals surface area (Å²) in [5.74, 6) is 1.29. The summed E-state index contributed by atoms with van der Waals surface area (Å²) < 4.78 is 5.61. The van der Waals surface area contributed by atoms with Crippen LogP contribution in [0.5, 0.6) is 5.75 Å². The molecule has 0 aromatic heterocycles. The van der Waals surface area contributed by atoms with Gasteiger partial charge in [0.15, 0.2) is 5.96 Å². The first-order valence-electron chi connectivity index (χ1n) is 8.03. The maximum absolute atomic E-state index is 5.94. The SMILES string of the molecule is CCN(CC)C(C)CN=C(N)Nc1ccc(OC(C)C)cc1.I. The van der Waals surface area contributed by atoms with Crippen molar-refractivity contribution in [2.75, 3.05) is 25.0 Å². The lowest BCUT2D eigenvalue weighted by atomic mass is 10.3. The largest absolute Gasteiger partial charge is 0.491 e. The lowest BCUT2D eigenvalue weighted by Gasteiger charge is -2.24. The van der Waals surface area contributed by atoms with Crippen LogP contribution >= 0.6 is 24.0 Å². The Kier molecular flexibility index (Phi) is 11.0. The van der Waals surface area contributed by atoms with Crippen molar-refractivity contribution in [2.24, 2.45) is 10.7 Å². The van der Waals surface area contributed by atoms with Crippen molar-refractivity contribution < 1.29 is 4.74 Å². The topological polar surface area (TPSA) is 62.9 Å². The first-order valence-corrected chi connectivity index (χ1v) is 8.03. The van der Waals surface area contributed by atoms with Gasteiger partial charge in [-0.05, 0) is 58.1 Å². The molecule has 0 fully saturated rings. The number of halogens is 1. The third-order valence-corrected chi connectivity index (χ3v) is 3.46. The highest BCUT2D eigenvalue weighted by atomic mass is 127. The standard InChI is InChI=1S/C17H30N4O.HI/c1-6-21(7-2)14(5)12-19-17(18)20-15-8-10-16(11-9-15)22-13(3)4;/h8-11,13-14H,6-7,12H2,1-5H3,(H3,18,19,20);1H. The van der Waals surface area contributed by atoms with Crippen molar-refractivity contribution in [3.63, 3.8) is 0 Å². The van der Waals surface area contributed by atoms with Crippen LogP contribution in [0.3, 0.4) is 0 Å². The predicted molar refractivity (Wildman–Crippen MR) is 110 cm³/mol. The smallest absolute Gasteiger partial charge is 0.193 e. The highest BCUT2D eigenvalue weighted by Crippen LogP contribution is 2.16. The molecule has 6 heteroatoms. The summed E-state index contributed by atoms with van der Waals surface area (Å²) in [7, 11) is 0. The molecule has 0 radical (unpaired) electrons. The second-order valence-electron chi connectivity index (χ2n) is 5.61. The minimum absolute atomic E-state index is 0. The summed E-state index contributed by atoms with van der Waals surface area (Å²) in [6, 6.07) is 8.11. The molecule has 5 nitrogen and oxygen atoms in total. The zero-order valence-corrected chi connectivity index (χ0v) is 17.2. The number of ether oxygens (including phenoxy) is 1. The number of rotatable bonds is 8. The van der Waals surface area contributed by atoms with Crippen LogP contribution in [0.25, 0.3) is 0 Å². The van der Waals surface area contributed by atoms with Crippen LogP contribution in [0.2, 0.25) is 0 Å². The van der Waals surface area contributed by atoms with E-state index in [0.717, 1.165) is 24.5 Å². The molecule has 0 amide bonds. The quantitative estimate of drug-likeness (QED) is 0.373. The van der Waals surface area contributed by atoms with Gasteiger partial charge in [0.1, 0.15) is 5.75 Å². The van der Waals surface area contributed by atoms with E-state index in [-0.39, 0.29) is 30.1 Å². The fourth-order valence-electron chi connectivity index (χ4n) is 2.27. The monoisotopic (exact) mass is 434 g/mol. The van der Waals surface area contributed by atoms with Gasteiger partial charge in [0, 0.05) is 11.7 Å². The molecule has 0 aliphatic heterocycles. The Morgan fingerprint density at radius 3 is 2.22 bits per heavy atom. The van der Waals surface area contributed by atoms with Gasteiger partial charge in [-0.1, -0.05) is 13.8 Å². The van der Waals surface area contributed by atoms with E-state index in [4.69, 9.17) is 10.5 Å². The van der Waals surface area contributed by atoms with Gasteiger partial charge in [-0.3, -0.25) is 9.89 Å². The maximum atomic E-state index is 5.94. The predicted octanol–water partition coefficient (Wildman–Crippen LogP) is 3.55. The molecule has 0 saturated heterocycles. The van der Waals surface area contributed by atoms with E-state index >= 15 is 0 Å². The Morgan fingerprint density at radius 1 is 1.17 bits per heavy atom. The van der Waals surface area contributed by atoms with Crippen LogP contribution in [-0.2, 0) is 0 Å². The molecule has 0 bridgehead atoms. The van der Waals surface area contributed by atoms with Crippen LogP contribution < -0.4 is 15.8 Å². The lowest BCUT2D eigenvalue weighted by Crippen LogP contribution is -2.36. The highest BCUT2D eigenvalue weighted by molar-refractivity contribution is 14.0.